The molecular formula is C18H30O2. The summed E-state index contributed by atoms with van der Waals surface area (Å²) in [5.41, 5.74) is 0. The lowest BCUT2D eigenvalue weighted by atomic mass is 9.98. The first-order chi connectivity index (χ1) is 9.72. The minimum atomic E-state index is -0.639. The van der Waals surface area contributed by atoms with E-state index < -0.39 is 5.97 Å². The van der Waals surface area contributed by atoms with Gasteiger partial charge in [0.05, 0.1) is 5.92 Å². The van der Waals surface area contributed by atoms with Crippen LogP contribution in [-0.4, -0.2) is 11.1 Å². The second kappa shape index (κ2) is 14.1. The molecule has 0 aromatic rings. The van der Waals surface area contributed by atoms with E-state index in [1.54, 1.807) is 0 Å². The van der Waals surface area contributed by atoms with Gasteiger partial charge < -0.3 is 5.11 Å². The summed E-state index contributed by atoms with van der Waals surface area (Å²) in [4.78, 5) is 10.8. The minimum Gasteiger partial charge on any atom is -0.481 e. The van der Waals surface area contributed by atoms with E-state index in [0.717, 1.165) is 44.9 Å². The van der Waals surface area contributed by atoms with E-state index in [1.807, 2.05) is 13.0 Å². The van der Waals surface area contributed by atoms with Gasteiger partial charge in [0.25, 0.3) is 0 Å². The van der Waals surface area contributed by atoms with E-state index in [0.29, 0.717) is 0 Å². The first kappa shape index (κ1) is 18.7. The predicted octanol–water partition coefficient (Wildman–Crippen LogP) is 5.52. The summed E-state index contributed by atoms with van der Waals surface area (Å²) < 4.78 is 0. The summed E-state index contributed by atoms with van der Waals surface area (Å²) in [5, 5.41) is 8.93. The number of allylic oxidation sites excluding steroid dienone is 5. The van der Waals surface area contributed by atoms with Crippen LogP contribution in [0.2, 0.25) is 0 Å². The van der Waals surface area contributed by atoms with Crippen LogP contribution in [0.3, 0.4) is 0 Å². The van der Waals surface area contributed by atoms with Crippen LogP contribution in [0.5, 0.6) is 0 Å². The van der Waals surface area contributed by atoms with Crippen LogP contribution < -0.4 is 0 Å². The Balaban J connectivity index is 3.38. The molecule has 0 aliphatic heterocycles. The molecule has 0 radical (unpaired) electrons. The lowest BCUT2D eigenvalue weighted by molar-refractivity contribution is -0.142. The third-order valence-electron chi connectivity index (χ3n) is 3.42. The highest BCUT2D eigenvalue weighted by Gasteiger charge is 2.13. The normalized spacial score (nSPS) is 13.1. The number of carboxylic acid groups (broad SMARTS) is 1. The average molecular weight is 278 g/mol. The lowest BCUT2D eigenvalue weighted by Gasteiger charge is -2.08. The fourth-order valence-electron chi connectivity index (χ4n) is 2.09. The van der Waals surface area contributed by atoms with Gasteiger partial charge >= 0.3 is 5.97 Å². The van der Waals surface area contributed by atoms with E-state index in [-0.39, 0.29) is 5.92 Å². The Morgan fingerprint density at radius 3 is 2.35 bits per heavy atom. The third-order valence-corrected chi connectivity index (χ3v) is 3.42. The molecule has 0 aromatic carbocycles. The van der Waals surface area contributed by atoms with Crippen LogP contribution in [0.4, 0.5) is 0 Å². The van der Waals surface area contributed by atoms with Crippen molar-refractivity contribution in [1.29, 1.82) is 0 Å². The summed E-state index contributed by atoms with van der Waals surface area (Å²) in [7, 11) is 0. The Morgan fingerprint density at radius 1 is 1.05 bits per heavy atom. The molecule has 0 rings (SSSR count). The largest absolute Gasteiger partial charge is 0.481 e. The van der Waals surface area contributed by atoms with Gasteiger partial charge in [0, 0.05) is 0 Å². The van der Waals surface area contributed by atoms with Gasteiger partial charge in [-0.05, 0) is 38.5 Å². The van der Waals surface area contributed by atoms with E-state index in [4.69, 9.17) is 5.11 Å². The number of rotatable bonds is 13. The maximum atomic E-state index is 10.8. The van der Waals surface area contributed by atoms with Gasteiger partial charge in [0.15, 0.2) is 0 Å². The molecule has 1 unspecified atom stereocenters. The van der Waals surface area contributed by atoms with Crippen LogP contribution in [-0.2, 0) is 4.79 Å². The fourth-order valence-corrected chi connectivity index (χ4v) is 2.09. The maximum Gasteiger partial charge on any atom is 0.306 e. The van der Waals surface area contributed by atoms with Crippen molar-refractivity contribution in [3.63, 3.8) is 0 Å². The first-order valence-corrected chi connectivity index (χ1v) is 7.86. The van der Waals surface area contributed by atoms with Crippen molar-refractivity contribution in [3.8, 4) is 0 Å². The molecule has 0 bridgehead atoms. The predicted molar refractivity (Wildman–Crippen MR) is 86.8 cm³/mol. The molecule has 1 atom stereocenters. The van der Waals surface area contributed by atoms with Crippen LogP contribution >= 0.6 is 0 Å². The first-order valence-electron chi connectivity index (χ1n) is 7.86. The zero-order chi connectivity index (χ0) is 15.1. The van der Waals surface area contributed by atoms with Crippen molar-refractivity contribution in [3.05, 3.63) is 37.0 Å². The van der Waals surface area contributed by atoms with Crippen molar-refractivity contribution >= 4 is 5.97 Å². The molecule has 0 saturated heterocycles. The molecule has 0 spiro atoms. The van der Waals surface area contributed by atoms with Gasteiger partial charge in [0.2, 0.25) is 0 Å². The van der Waals surface area contributed by atoms with Gasteiger partial charge in [-0.3, -0.25) is 4.79 Å². The highest BCUT2D eigenvalue weighted by Crippen LogP contribution is 2.15. The molecule has 0 heterocycles. The highest BCUT2D eigenvalue weighted by molar-refractivity contribution is 5.69. The van der Waals surface area contributed by atoms with Gasteiger partial charge in [-0.2, -0.15) is 0 Å². The second-order valence-electron chi connectivity index (χ2n) is 5.14. The Hall–Kier alpha value is -1.31. The highest BCUT2D eigenvalue weighted by atomic mass is 16.4. The summed E-state index contributed by atoms with van der Waals surface area (Å²) in [6.45, 7) is 5.62. The number of carboxylic acids is 1. The zero-order valence-corrected chi connectivity index (χ0v) is 12.9. The van der Waals surface area contributed by atoms with E-state index in [9.17, 15) is 4.79 Å². The Bertz CT molecular complexity index is 303. The molecule has 2 heteroatoms. The topological polar surface area (TPSA) is 37.3 Å². The van der Waals surface area contributed by atoms with Crippen molar-refractivity contribution in [2.24, 2.45) is 5.92 Å². The van der Waals surface area contributed by atoms with Crippen molar-refractivity contribution in [2.75, 3.05) is 0 Å². The van der Waals surface area contributed by atoms with Crippen molar-refractivity contribution in [2.45, 2.75) is 64.7 Å². The van der Waals surface area contributed by atoms with E-state index in [2.05, 4.69) is 30.9 Å². The summed E-state index contributed by atoms with van der Waals surface area (Å²) in [6.07, 6.45) is 19.9. The third kappa shape index (κ3) is 11.8. The lowest BCUT2D eigenvalue weighted by Crippen LogP contribution is -2.12. The summed E-state index contributed by atoms with van der Waals surface area (Å²) in [5.74, 6) is -0.780. The molecule has 0 aromatic heterocycles. The Kier molecular flexibility index (Phi) is 13.2. The minimum absolute atomic E-state index is 0.141. The molecule has 1 N–H and O–H groups in total. The average Bonchev–Trinajstić information content (AvgIpc) is 2.43. The maximum absolute atomic E-state index is 10.8. The Labute approximate surface area is 124 Å². The molecule has 0 aliphatic rings. The quantitative estimate of drug-likeness (QED) is 0.356. The standard InChI is InChI=1S/C18H30O2/c1-3-5-6-7-8-9-10-11-12-13-14-15-16-17(4-2)18(19)20/h3,6-7,9-10,17H,1,4-5,8,11-16H2,2H3,(H,19,20). The molecule has 114 valence electrons. The van der Waals surface area contributed by atoms with Gasteiger partial charge in [0.1, 0.15) is 0 Å². The zero-order valence-electron chi connectivity index (χ0n) is 12.9. The fraction of sp³-hybridized carbons (Fsp3) is 0.611. The number of hydrogen-bond donors (Lipinski definition) is 1. The van der Waals surface area contributed by atoms with Crippen LogP contribution in [0.15, 0.2) is 37.0 Å². The number of aliphatic carboxylic acids is 1. The van der Waals surface area contributed by atoms with Gasteiger partial charge in [-0.25, -0.2) is 0 Å². The molecule has 2 nitrogen and oxygen atoms in total. The SMILES string of the molecule is C=CCC=CCC=CCCCCCCC(CC)C(=O)O. The molecule has 0 fully saturated rings. The molecule has 0 amide bonds. The second-order valence-corrected chi connectivity index (χ2v) is 5.14. The monoisotopic (exact) mass is 278 g/mol. The molecular weight excluding hydrogens is 248 g/mol. The molecule has 0 aliphatic carbocycles. The smallest absolute Gasteiger partial charge is 0.306 e. The number of unbranched alkanes of at least 4 members (excludes halogenated alkanes) is 4. The number of carbonyl (C=O) groups is 1. The van der Waals surface area contributed by atoms with Crippen LogP contribution in [0.1, 0.15) is 64.7 Å². The van der Waals surface area contributed by atoms with E-state index >= 15 is 0 Å². The summed E-state index contributed by atoms with van der Waals surface area (Å²) >= 11 is 0. The van der Waals surface area contributed by atoms with Crippen LogP contribution in [0, 0.1) is 5.92 Å². The van der Waals surface area contributed by atoms with Crippen molar-refractivity contribution in [1.82, 2.24) is 0 Å². The number of hydrogen-bond acceptors (Lipinski definition) is 1. The van der Waals surface area contributed by atoms with Gasteiger partial charge in [-0.15, -0.1) is 6.58 Å². The van der Waals surface area contributed by atoms with E-state index in [1.165, 1.54) is 12.8 Å². The van der Waals surface area contributed by atoms with Crippen molar-refractivity contribution < 1.29 is 9.90 Å². The molecule has 20 heavy (non-hydrogen) atoms. The summed E-state index contributed by atoms with van der Waals surface area (Å²) in [6, 6.07) is 0. The molecule has 0 saturated carbocycles. The Morgan fingerprint density at radius 2 is 1.70 bits per heavy atom. The van der Waals surface area contributed by atoms with Crippen LogP contribution in [0.25, 0.3) is 0 Å². The van der Waals surface area contributed by atoms with Gasteiger partial charge in [-0.1, -0.05) is 56.6 Å².